The maximum atomic E-state index is 12.2. The molecule has 0 spiro atoms. The molecule has 6 heteroatoms. The number of nitrogens with two attached hydrogens (primary N) is 1. The fourth-order valence-corrected chi connectivity index (χ4v) is 2.48. The van der Waals surface area contributed by atoms with Gasteiger partial charge in [-0.1, -0.05) is 11.8 Å². The van der Waals surface area contributed by atoms with Gasteiger partial charge in [0, 0.05) is 19.7 Å². The lowest BCUT2D eigenvalue weighted by Crippen LogP contribution is -2.26. The Hall–Kier alpha value is -2.36. The molecule has 0 bridgehead atoms. The van der Waals surface area contributed by atoms with E-state index in [4.69, 9.17) is 10.2 Å². The first kappa shape index (κ1) is 15.0. The van der Waals surface area contributed by atoms with Crippen molar-refractivity contribution >= 4 is 17.2 Å². The Bertz CT molecular complexity index is 732. The number of thiophene rings is 1. The summed E-state index contributed by atoms with van der Waals surface area (Å²) in [5, 5.41) is 1.95. The number of nitrogens with zero attached hydrogens (tertiary/aromatic N) is 1. The minimum atomic E-state index is -0.477. The van der Waals surface area contributed by atoms with Gasteiger partial charge in [0.05, 0.1) is 17.0 Å². The van der Waals surface area contributed by atoms with Gasteiger partial charge in [0.25, 0.3) is 5.91 Å². The maximum absolute atomic E-state index is 12.2. The number of carbonyl (C=O) groups is 1. The predicted molar refractivity (Wildman–Crippen MR) is 81.0 cm³/mol. The summed E-state index contributed by atoms with van der Waals surface area (Å²) in [6, 6.07) is 4.62. The van der Waals surface area contributed by atoms with Crippen molar-refractivity contribution in [1.82, 2.24) is 4.90 Å². The number of carbonyl (C=O) groups excluding carboxylic acids is 1. The number of amides is 1. The zero-order chi connectivity index (χ0) is 15.2. The fourth-order valence-electron chi connectivity index (χ4n) is 1.71. The molecule has 21 heavy (non-hydrogen) atoms. The molecular formula is C15H14N2O3S. The molecule has 1 amide bonds. The van der Waals surface area contributed by atoms with Crippen LogP contribution >= 0.6 is 11.3 Å². The molecule has 108 valence electrons. The van der Waals surface area contributed by atoms with Crippen LogP contribution in [-0.4, -0.2) is 24.4 Å². The van der Waals surface area contributed by atoms with Crippen molar-refractivity contribution in [3.8, 4) is 11.8 Å². The largest absolute Gasteiger partial charge is 0.430 e. The van der Waals surface area contributed by atoms with Gasteiger partial charge in [0.2, 0.25) is 0 Å². The minimum Gasteiger partial charge on any atom is -0.430 e. The summed E-state index contributed by atoms with van der Waals surface area (Å²) in [7, 11) is 1.69. The Morgan fingerprint density at radius 1 is 1.48 bits per heavy atom. The van der Waals surface area contributed by atoms with E-state index in [0.29, 0.717) is 18.7 Å². The van der Waals surface area contributed by atoms with E-state index in [1.165, 1.54) is 29.7 Å². The molecule has 0 fully saturated rings. The SMILES string of the molecule is CN(Cc1csc(C#CCN)c1)C(=O)c1ccc(=O)oc1. The van der Waals surface area contributed by atoms with Crippen molar-refractivity contribution in [2.24, 2.45) is 5.73 Å². The molecule has 0 saturated carbocycles. The van der Waals surface area contributed by atoms with E-state index < -0.39 is 5.63 Å². The van der Waals surface area contributed by atoms with Gasteiger partial charge in [-0.3, -0.25) is 4.79 Å². The van der Waals surface area contributed by atoms with Crippen molar-refractivity contribution in [2.75, 3.05) is 13.6 Å². The Kier molecular flexibility index (Phi) is 4.93. The third-order valence-corrected chi connectivity index (χ3v) is 3.58. The first-order valence-corrected chi connectivity index (χ1v) is 7.09. The highest BCUT2D eigenvalue weighted by Gasteiger charge is 2.13. The molecule has 0 radical (unpaired) electrons. The Balaban J connectivity index is 2.05. The van der Waals surface area contributed by atoms with Crippen LogP contribution in [0.1, 0.15) is 20.8 Å². The van der Waals surface area contributed by atoms with Crippen molar-refractivity contribution in [3.05, 3.63) is 56.3 Å². The molecule has 0 atom stereocenters. The Labute approximate surface area is 126 Å². The molecular weight excluding hydrogens is 288 g/mol. The summed E-state index contributed by atoms with van der Waals surface area (Å²) in [5.41, 5.74) is 6.19. The average Bonchev–Trinajstić information content (AvgIpc) is 2.92. The van der Waals surface area contributed by atoms with Crippen LogP contribution in [0.5, 0.6) is 0 Å². The second kappa shape index (κ2) is 6.88. The van der Waals surface area contributed by atoms with Gasteiger partial charge in [-0.15, -0.1) is 11.3 Å². The smallest absolute Gasteiger partial charge is 0.335 e. The van der Waals surface area contributed by atoms with Crippen molar-refractivity contribution in [1.29, 1.82) is 0 Å². The molecule has 0 saturated heterocycles. The van der Waals surface area contributed by atoms with Gasteiger partial charge >= 0.3 is 5.63 Å². The van der Waals surface area contributed by atoms with E-state index in [9.17, 15) is 9.59 Å². The van der Waals surface area contributed by atoms with Crippen molar-refractivity contribution in [2.45, 2.75) is 6.54 Å². The standard InChI is InChI=1S/C15H14N2O3S/c1-17(15(19)12-4-5-14(18)20-9-12)8-11-7-13(21-10-11)3-2-6-16/h4-5,7,9-10H,6,8,16H2,1H3. The van der Waals surface area contributed by atoms with Crippen molar-refractivity contribution < 1.29 is 9.21 Å². The molecule has 0 aliphatic heterocycles. The predicted octanol–water partition coefficient (Wildman–Crippen LogP) is 1.28. The first-order valence-electron chi connectivity index (χ1n) is 6.21. The topological polar surface area (TPSA) is 76.5 Å². The zero-order valence-corrected chi connectivity index (χ0v) is 12.3. The van der Waals surface area contributed by atoms with Crippen molar-refractivity contribution in [3.63, 3.8) is 0 Å². The van der Waals surface area contributed by atoms with Crippen LogP contribution in [0.3, 0.4) is 0 Å². The zero-order valence-electron chi connectivity index (χ0n) is 11.5. The second-order valence-corrected chi connectivity index (χ2v) is 5.24. The van der Waals surface area contributed by atoms with Gasteiger partial charge in [-0.2, -0.15) is 0 Å². The van der Waals surface area contributed by atoms with Crippen LogP contribution in [0.15, 0.2) is 39.1 Å². The molecule has 0 aliphatic carbocycles. The first-order chi connectivity index (χ1) is 10.1. The number of hydrogen-bond donors (Lipinski definition) is 1. The lowest BCUT2D eigenvalue weighted by atomic mass is 10.2. The van der Waals surface area contributed by atoms with Gasteiger partial charge in [0.15, 0.2) is 0 Å². The van der Waals surface area contributed by atoms with E-state index in [-0.39, 0.29) is 5.91 Å². The van der Waals surface area contributed by atoms with E-state index in [1.807, 2.05) is 11.4 Å². The Morgan fingerprint density at radius 2 is 2.29 bits per heavy atom. The number of hydrogen-bond acceptors (Lipinski definition) is 5. The average molecular weight is 302 g/mol. The molecule has 0 unspecified atom stereocenters. The fraction of sp³-hybridized carbons (Fsp3) is 0.200. The molecule has 2 rings (SSSR count). The Morgan fingerprint density at radius 3 is 2.95 bits per heavy atom. The lowest BCUT2D eigenvalue weighted by molar-refractivity contribution is 0.0782. The highest BCUT2D eigenvalue weighted by Crippen LogP contribution is 2.16. The molecule has 2 N–H and O–H groups in total. The van der Waals surface area contributed by atoms with E-state index >= 15 is 0 Å². The minimum absolute atomic E-state index is 0.209. The van der Waals surface area contributed by atoms with E-state index in [1.54, 1.807) is 11.9 Å². The van der Waals surface area contributed by atoms with E-state index in [0.717, 1.165) is 10.4 Å². The van der Waals surface area contributed by atoms with Crippen LogP contribution < -0.4 is 11.4 Å². The summed E-state index contributed by atoms with van der Waals surface area (Å²) in [5.74, 6) is 5.54. The van der Waals surface area contributed by atoms with Crippen LogP contribution in [0, 0.1) is 11.8 Å². The normalized spacial score (nSPS) is 9.81. The van der Waals surface area contributed by atoms with Gasteiger partial charge in [-0.05, 0) is 23.1 Å². The lowest BCUT2D eigenvalue weighted by Gasteiger charge is -2.15. The van der Waals surface area contributed by atoms with Gasteiger partial charge in [0.1, 0.15) is 6.26 Å². The van der Waals surface area contributed by atoms with Crippen LogP contribution in [0.2, 0.25) is 0 Å². The van der Waals surface area contributed by atoms with Gasteiger partial charge in [-0.25, -0.2) is 4.79 Å². The summed E-state index contributed by atoms with van der Waals surface area (Å²) in [4.78, 5) is 25.5. The molecule has 0 aromatic carbocycles. The van der Waals surface area contributed by atoms with Gasteiger partial charge < -0.3 is 15.1 Å². The molecule has 0 aliphatic rings. The molecule has 2 aromatic rings. The summed E-state index contributed by atoms with van der Waals surface area (Å²) >= 11 is 1.51. The monoisotopic (exact) mass is 302 g/mol. The highest BCUT2D eigenvalue weighted by molar-refractivity contribution is 7.10. The molecule has 2 heterocycles. The highest BCUT2D eigenvalue weighted by atomic mass is 32.1. The molecule has 5 nitrogen and oxygen atoms in total. The van der Waals surface area contributed by atoms with E-state index in [2.05, 4.69) is 11.8 Å². The third-order valence-electron chi connectivity index (χ3n) is 2.68. The maximum Gasteiger partial charge on any atom is 0.335 e. The van der Waals surface area contributed by atoms with Crippen LogP contribution in [-0.2, 0) is 6.54 Å². The van der Waals surface area contributed by atoms with Crippen LogP contribution in [0.4, 0.5) is 0 Å². The third kappa shape index (κ3) is 4.05. The molecule has 2 aromatic heterocycles. The number of rotatable bonds is 3. The summed E-state index contributed by atoms with van der Waals surface area (Å²) < 4.78 is 4.70. The quantitative estimate of drug-likeness (QED) is 0.867. The van der Waals surface area contributed by atoms with Crippen LogP contribution in [0.25, 0.3) is 0 Å². The summed E-state index contributed by atoms with van der Waals surface area (Å²) in [6.45, 7) is 0.781. The second-order valence-electron chi connectivity index (χ2n) is 4.33. The summed E-state index contributed by atoms with van der Waals surface area (Å²) in [6.07, 6.45) is 1.17.